The molecule has 2 heteroatoms. The predicted octanol–water partition coefficient (Wildman–Crippen LogP) is 3.33. The van der Waals surface area contributed by atoms with E-state index in [0.717, 1.165) is 30.3 Å². The summed E-state index contributed by atoms with van der Waals surface area (Å²) in [5.74, 6) is 1.37. The van der Waals surface area contributed by atoms with Gasteiger partial charge >= 0.3 is 0 Å². The Morgan fingerprint density at radius 1 is 1.27 bits per heavy atom. The van der Waals surface area contributed by atoms with Crippen LogP contribution in [0.4, 0.5) is 0 Å². The Balaban J connectivity index is 2.21. The highest BCUT2D eigenvalue weighted by Crippen LogP contribution is 2.24. The molecule has 0 spiro atoms. The standard InChI is InChI=1S/C13H25OS/c1-3-4-8-12(14)11-15(2)13-9-6-5-7-10-13/h13H,3-11H2,1-2H3/q+1. The first kappa shape index (κ1) is 13.1. The molecule has 0 amide bonds. The zero-order chi connectivity index (χ0) is 11.1. The molecule has 1 aliphatic carbocycles. The number of rotatable bonds is 6. The van der Waals surface area contributed by atoms with E-state index < -0.39 is 0 Å². The summed E-state index contributed by atoms with van der Waals surface area (Å²) in [6.07, 6.45) is 12.3. The van der Waals surface area contributed by atoms with Gasteiger partial charge in [0.1, 0.15) is 5.25 Å². The van der Waals surface area contributed by atoms with E-state index in [1.54, 1.807) is 0 Å². The van der Waals surface area contributed by atoms with Crippen LogP contribution in [0.15, 0.2) is 0 Å². The summed E-state index contributed by atoms with van der Waals surface area (Å²) in [5.41, 5.74) is 0. The molecule has 0 N–H and O–H groups in total. The van der Waals surface area contributed by atoms with E-state index in [9.17, 15) is 4.79 Å². The van der Waals surface area contributed by atoms with E-state index in [1.807, 2.05) is 0 Å². The van der Waals surface area contributed by atoms with Crippen molar-refractivity contribution in [3.05, 3.63) is 0 Å². The maximum atomic E-state index is 11.7. The maximum Gasteiger partial charge on any atom is 0.181 e. The van der Waals surface area contributed by atoms with Gasteiger partial charge in [0, 0.05) is 6.42 Å². The van der Waals surface area contributed by atoms with Gasteiger partial charge in [-0.05, 0) is 43.0 Å². The smallest absolute Gasteiger partial charge is 0.181 e. The first-order valence-corrected chi connectivity index (χ1v) is 8.23. The summed E-state index contributed by atoms with van der Waals surface area (Å²) < 4.78 is 0. The highest BCUT2D eigenvalue weighted by Gasteiger charge is 2.29. The van der Waals surface area contributed by atoms with Crippen molar-refractivity contribution in [3.8, 4) is 0 Å². The van der Waals surface area contributed by atoms with Gasteiger partial charge < -0.3 is 0 Å². The van der Waals surface area contributed by atoms with Crippen LogP contribution < -0.4 is 0 Å². The van der Waals surface area contributed by atoms with Crippen LogP contribution in [0, 0.1) is 0 Å². The molecule has 0 bridgehead atoms. The molecule has 0 radical (unpaired) electrons. The summed E-state index contributed by atoms with van der Waals surface area (Å²) in [7, 11) is 0.360. The molecule has 1 fully saturated rings. The zero-order valence-corrected chi connectivity index (χ0v) is 11.1. The number of unbranched alkanes of at least 4 members (excludes halogenated alkanes) is 1. The van der Waals surface area contributed by atoms with Crippen LogP contribution in [0.3, 0.4) is 0 Å². The second-order valence-corrected chi connectivity index (χ2v) is 7.08. The second kappa shape index (κ2) is 7.32. The van der Waals surface area contributed by atoms with Crippen molar-refractivity contribution < 1.29 is 4.79 Å². The molecule has 1 atom stereocenters. The fraction of sp³-hybridized carbons (Fsp3) is 0.923. The van der Waals surface area contributed by atoms with Crippen LogP contribution in [0.25, 0.3) is 0 Å². The molecular formula is C13H25OS+. The van der Waals surface area contributed by atoms with Crippen molar-refractivity contribution in [1.29, 1.82) is 0 Å². The molecule has 88 valence electrons. The monoisotopic (exact) mass is 229 g/mol. The fourth-order valence-corrected chi connectivity index (χ4v) is 4.31. The SMILES string of the molecule is CCCCC(=O)C[S+](C)C1CCCCC1. The molecule has 0 aromatic rings. The molecule has 1 aliphatic rings. The van der Waals surface area contributed by atoms with E-state index in [2.05, 4.69) is 13.2 Å². The topological polar surface area (TPSA) is 17.1 Å². The fourth-order valence-electron chi connectivity index (χ4n) is 2.29. The lowest BCUT2D eigenvalue weighted by molar-refractivity contribution is -0.116. The van der Waals surface area contributed by atoms with Gasteiger partial charge in [-0.25, -0.2) is 0 Å². The number of carbonyl (C=O) groups excluding carboxylic acids is 1. The average Bonchev–Trinajstić information content (AvgIpc) is 2.27. The van der Waals surface area contributed by atoms with Crippen molar-refractivity contribution >= 4 is 16.7 Å². The molecule has 0 aromatic heterocycles. The molecule has 0 saturated heterocycles. The molecule has 1 unspecified atom stereocenters. The van der Waals surface area contributed by atoms with Crippen LogP contribution >= 0.6 is 0 Å². The highest BCUT2D eigenvalue weighted by molar-refractivity contribution is 7.97. The van der Waals surface area contributed by atoms with Crippen molar-refractivity contribution in [3.63, 3.8) is 0 Å². The van der Waals surface area contributed by atoms with Crippen LogP contribution in [-0.4, -0.2) is 23.0 Å². The summed E-state index contributed by atoms with van der Waals surface area (Å²) in [5, 5.41) is 0.865. The van der Waals surface area contributed by atoms with E-state index in [-0.39, 0.29) is 0 Å². The van der Waals surface area contributed by atoms with Gasteiger partial charge in [-0.2, -0.15) is 0 Å². The third-order valence-electron chi connectivity index (χ3n) is 3.32. The maximum absolute atomic E-state index is 11.7. The minimum atomic E-state index is 0.360. The first-order chi connectivity index (χ1) is 7.24. The molecule has 0 heterocycles. The number of hydrogen-bond donors (Lipinski definition) is 0. The Morgan fingerprint density at radius 2 is 1.93 bits per heavy atom. The summed E-state index contributed by atoms with van der Waals surface area (Å²) in [6.45, 7) is 2.15. The van der Waals surface area contributed by atoms with E-state index in [4.69, 9.17) is 0 Å². The lowest BCUT2D eigenvalue weighted by atomic mass is 10.0. The largest absolute Gasteiger partial charge is 0.294 e. The third kappa shape index (κ3) is 5.05. The number of Topliss-reactive ketones (excluding diaryl/α,β-unsaturated/α-hetero) is 1. The summed E-state index contributed by atoms with van der Waals surface area (Å²) >= 11 is 0. The van der Waals surface area contributed by atoms with Gasteiger partial charge in [-0.15, -0.1) is 0 Å². The van der Waals surface area contributed by atoms with Gasteiger partial charge in [-0.1, -0.05) is 19.8 Å². The molecular weight excluding hydrogens is 204 g/mol. The van der Waals surface area contributed by atoms with Crippen LogP contribution in [-0.2, 0) is 15.7 Å². The Hall–Kier alpha value is 0.0200. The third-order valence-corrected chi connectivity index (χ3v) is 5.71. The molecule has 1 saturated carbocycles. The van der Waals surface area contributed by atoms with Gasteiger partial charge in [0.15, 0.2) is 11.5 Å². The van der Waals surface area contributed by atoms with Gasteiger partial charge in [-0.3, -0.25) is 4.79 Å². The van der Waals surface area contributed by atoms with Crippen molar-refractivity contribution in [2.45, 2.75) is 63.5 Å². The highest BCUT2D eigenvalue weighted by atomic mass is 32.2. The molecule has 15 heavy (non-hydrogen) atoms. The summed E-state index contributed by atoms with van der Waals surface area (Å²) in [6, 6.07) is 0. The van der Waals surface area contributed by atoms with E-state index in [1.165, 1.54) is 32.1 Å². The minimum absolute atomic E-state index is 0.360. The number of ketones is 1. The molecule has 1 nitrogen and oxygen atoms in total. The number of carbonyl (C=O) groups is 1. The lowest BCUT2D eigenvalue weighted by Gasteiger charge is -2.20. The van der Waals surface area contributed by atoms with E-state index >= 15 is 0 Å². The Labute approximate surface area is 97.4 Å². The predicted molar refractivity (Wildman–Crippen MR) is 69.6 cm³/mol. The normalized spacial score (nSPS) is 20.1. The van der Waals surface area contributed by atoms with Gasteiger partial charge in [0.2, 0.25) is 0 Å². The van der Waals surface area contributed by atoms with Crippen LogP contribution in [0.2, 0.25) is 0 Å². The molecule has 0 aromatic carbocycles. The van der Waals surface area contributed by atoms with Crippen molar-refractivity contribution in [2.75, 3.05) is 12.0 Å². The minimum Gasteiger partial charge on any atom is -0.294 e. The number of hydrogen-bond acceptors (Lipinski definition) is 1. The van der Waals surface area contributed by atoms with Gasteiger partial charge in [0.25, 0.3) is 0 Å². The van der Waals surface area contributed by atoms with Crippen molar-refractivity contribution in [1.82, 2.24) is 0 Å². The molecule has 1 rings (SSSR count). The Kier molecular flexibility index (Phi) is 6.39. The first-order valence-electron chi connectivity index (χ1n) is 6.37. The van der Waals surface area contributed by atoms with Gasteiger partial charge in [0.05, 0.1) is 6.26 Å². The molecule has 0 aliphatic heterocycles. The van der Waals surface area contributed by atoms with E-state index in [0.29, 0.717) is 16.7 Å². The average molecular weight is 229 g/mol. The second-order valence-electron chi connectivity index (χ2n) is 4.74. The summed E-state index contributed by atoms with van der Waals surface area (Å²) in [4.78, 5) is 11.7. The zero-order valence-electron chi connectivity index (χ0n) is 10.3. The van der Waals surface area contributed by atoms with Crippen molar-refractivity contribution in [2.24, 2.45) is 0 Å². The quantitative estimate of drug-likeness (QED) is 0.639. The Morgan fingerprint density at radius 3 is 2.53 bits per heavy atom. The van der Waals surface area contributed by atoms with Crippen LogP contribution in [0.1, 0.15) is 58.3 Å². The van der Waals surface area contributed by atoms with Crippen LogP contribution in [0.5, 0.6) is 0 Å². The Bertz CT molecular complexity index is 185. The lowest BCUT2D eigenvalue weighted by Crippen LogP contribution is -2.29.